The van der Waals surface area contributed by atoms with Crippen LogP contribution in [-0.2, 0) is 9.59 Å². The lowest BCUT2D eigenvalue weighted by Crippen LogP contribution is -2.32. The Kier molecular flexibility index (Phi) is 9.49. The number of nitrogens with one attached hydrogen (secondary N) is 1. The van der Waals surface area contributed by atoms with E-state index in [2.05, 4.69) is 12.2 Å². The predicted octanol–water partition coefficient (Wildman–Crippen LogP) is 2.12. The Bertz CT molecular complexity index is 229. The van der Waals surface area contributed by atoms with Crippen LogP contribution in [0.25, 0.3) is 0 Å². The van der Waals surface area contributed by atoms with Crippen LogP contribution in [0.5, 0.6) is 0 Å². The lowest BCUT2D eigenvalue weighted by molar-refractivity contribution is -0.122. The molecule has 0 fully saturated rings. The van der Waals surface area contributed by atoms with Crippen LogP contribution in [-0.4, -0.2) is 17.9 Å². The zero-order valence-corrected chi connectivity index (χ0v) is 11.1. The van der Waals surface area contributed by atoms with Crippen molar-refractivity contribution >= 4 is 11.8 Å². The van der Waals surface area contributed by atoms with Crippen LogP contribution in [0, 0.1) is 0 Å². The Morgan fingerprint density at radius 3 is 2.35 bits per heavy atom. The summed E-state index contributed by atoms with van der Waals surface area (Å²) < 4.78 is 0. The van der Waals surface area contributed by atoms with Gasteiger partial charge in [0, 0.05) is 18.9 Å². The van der Waals surface area contributed by atoms with Gasteiger partial charge in [-0.2, -0.15) is 0 Å². The zero-order valence-electron chi connectivity index (χ0n) is 11.1. The van der Waals surface area contributed by atoms with Gasteiger partial charge in [-0.25, -0.2) is 0 Å². The van der Waals surface area contributed by atoms with Crippen LogP contribution in [0.15, 0.2) is 0 Å². The number of hydrogen-bond acceptors (Lipinski definition) is 2. The van der Waals surface area contributed by atoms with Crippen LogP contribution >= 0.6 is 0 Å². The molecule has 0 radical (unpaired) electrons. The highest BCUT2D eigenvalue weighted by Gasteiger charge is 2.06. The highest BCUT2D eigenvalue weighted by atomic mass is 16.1. The van der Waals surface area contributed by atoms with E-state index < -0.39 is 0 Å². The van der Waals surface area contributed by atoms with Crippen LogP contribution in [0.4, 0.5) is 0 Å². The normalized spacial score (nSPS) is 12.1. The van der Waals surface area contributed by atoms with Crippen molar-refractivity contribution in [2.45, 2.75) is 71.3 Å². The smallest absolute Gasteiger partial charge is 0.220 e. The van der Waals surface area contributed by atoms with Gasteiger partial charge in [-0.15, -0.1) is 0 Å². The number of primary amides is 1. The Morgan fingerprint density at radius 1 is 1.12 bits per heavy atom. The van der Waals surface area contributed by atoms with Gasteiger partial charge in [-0.3, -0.25) is 9.59 Å². The van der Waals surface area contributed by atoms with E-state index in [-0.39, 0.29) is 17.9 Å². The van der Waals surface area contributed by atoms with Gasteiger partial charge in [0.05, 0.1) is 0 Å². The van der Waals surface area contributed by atoms with E-state index >= 15 is 0 Å². The van der Waals surface area contributed by atoms with Gasteiger partial charge in [-0.05, 0) is 26.2 Å². The first-order chi connectivity index (χ1) is 8.06. The third-order valence-corrected chi connectivity index (χ3v) is 2.73. The van der Waals surface area contributed by atoms with Gasteiger partial charge in [0.1, 0.15) is 0 Å². The van der Waals surface area contributed by atoms with Crippen molar-refractivity contribution in [2.24, 2.45) is 5.73 Å². The second kappa shape index (κ2) is 10.1. The fourth-order valence-corrected chi connectivity index (χ4v) is 1.70. The van der Waals surface area contributed by atoms with E-state index in [0.717, 1.165) is 38.5 Å². The number of rotatable bonds is 10. The number of carbonyl (C=O) groups excluding carboxylic acids is 2. The molecule has 0 saturated carbocycles. The van der Waals surface area contributed by atoms with Crippen LogP contribution in [0.3, 0.4) is 0 Å². The van der Waals surface area contributed by atoms with E-state index in [0.29, 0.717) is 12.8 Å². The van der Waals surface area contributed by atoms with E-state index in [1.54, 1.807) is 0 Å². The summed E-state index contributed by atoms with van der Waals surface area (Å²) in [6.07, 6.45) is 6.93. The molecule has 0 aliphatic carbocycles. The van der Waals surface area contributed by atoms with Gasteiger partial charge in [0.15, 0.2) is 0 Å². The maximum absolute atomic E-state index is 11.5. The predicted molar refractivity (Wildman–Crippen MR) is 69.4 cm³/mol. The molecule has 2 amide bonds. The van der Waals surface area contributed by atoms with Crippen LogP contribution in [0.2, 0.25) is 0 Å². The average molecular weight is 242 g/mol. The quantitative estimate of drug-likeness (QED) is 0.576. The Labute approximate surface area is 104 Å². The standard InChI is InChI=1S/C13H26N2O2/c1-3-4-5-10-13(17)15-11(2)8-6-7-9-12(14)16/h11H,3-10H2,1-2H3,(H2,14,16)(H,15,17). The molecule has 1 atom stereocenters. The minimum Gasteiger partial charge on any atom is -0.370 e. The molecule has 0 saturated heterocycles. The maximum Gasteiger partial charge on any atom is 0.220 e. The minimum absolute atomic E-state index is 0.140. The summed E-state index contributed by atoms with van der Waals surface area (Å²) in [6.45, 7) is 4.13. The van der Waals surface area contributed by atoms with Gasteiger partial charge in [0.2, 0.25) is 11.8 Å². The molecule has 0 spiro atoms. The van der Waals surface area contributed by atoms with Gasteiger partial charge in [-0.1, -0.05) is 26.2 Å². The molecule has 0 aromatic heterocycles. The first kappa shape index (κ1) is 15.9. The van der Waals surface area contributed by atoms with Crippen LogP contribution < -0.4 is 11.1 Å². The Hall–Kier alpha value is -1.06. The summed E-state index contributed by atoms with van der Waals surface area (Å²) in [5.41, 5.74) is 5.05. The molecule has 100 valence electrons. The van der Waals surface area contributed by atoms with Crippen molar-refractivity contribution in [1.29, 1.82) is 0 Å². The van der Waals surface area contributed by atoms with E-state index in [1.165, 1.54) is 0 Å². The number of amides is 2. The monoisotopic (exact) mass is 242 g/mol. The second-order valence-corrected chi connectivity index (χ2v) is 4.64. The number of nitrogens with two attached hydrogens (primary N) is 1. The molecule has 1 unspecified atom stereocenters. The maximum atomic E-state index is 11.5. The Morgan fingerprint density at radius 2 is 1.76 bits per heavy atom. The number of hydrogen-bond donors (Lipinski definition) is 2. The lowest BCUT2D eigenvalue weighted by atomic mass is 10.1. The summed E-state index contributed by atoms with van der Waals surface area (Å²) in [4.78, 5) is 22.0. The van der Waals surface area contributed by atoms with E-state index in [1.807, 2.05) is 6.92 Å². The summed E-state index contributed by atoms with van der Waals surface area (Å²) in [6, 6.07) is 0.192. The largest absolute Gasteiger partial charge is 0.370 e. The molecule has 0 aliphatic rings. The average Bonchev–Trinajstić information content (AvgIpc) is 2.24. The highest BCUT2D eigenvalue weighted by molar-refractivity contribution is 5.76. The van der Waals surface area contributed by atoms with Crippen molar-refractivity contribution in [1.82, 2.24) is 5.32 Å². The first-order valence-electron chi connectivity index (χ1n) is 6.64. The SMILES string of the molecule is CCCCCC(=O)NC(C)CCCCC(N)=O. The van der Waals surface area contributed by atoms with Crippen molar-refractivity contribution in [2.75, 3.05) is 0 Å². The third kappa shape index (κ3) is 11.2. The molecule has 0 aliphatic heterocycles. The molecule has 0 rings (SSSR count). The van der Waals surface area contributed by atoms with Crippen molar-refractivity contribution in [3.8, 4) is 0 Å². The molecule has 0 heterocycles. The molecule has 0 bridgehead atoms. The fourth-order valence-electron chi connectivity index (χ4n) is 1.70. The summed E-state index contributed by atoms with van der Waals surface area (Å²) >= 11 is 0. The third-order valence-electron chi connectivity index (χ3n) is 2.73. The van der Waals surface area contributed by atoms with Crippen molar-refractivity contribution < 1.29 is 9.59 Å². The number of unbranched alkanes of at least 4 members (excludes halogenated alkanes) is 3. The molecule has 4 nitrogen and oxygen atoms in total. The molecular weight excluding hydrogens is 216 g/mol. The minimum atomic E-state index is -0.249. The molecule has 0 aromatic rings. The van der Waals surface area contributed by atoms with E-state index in [9.17, 15) is 9.59 Å². The molecular formula is C13H26N2O2. The Balaban J connectivity index is 3.46. The second-order valence-electron chi connectivity index (χ2n) is 4.64. The van der Waals surface area contributed by atoms with Gasteiger partial charge in [0.25, 0.3) is 0 Å². The van der Waals surface area contributed by atoms with Crippen LogP contribution in [0.1, 0.15) is 65.2 Å². The zero-order chi connectivity index (χ0) is 13.1. The molecule has 3 N–H and O–H groups in total. The van der Waals surface area contributed by atoms with E-state index in [4.69, 9.17) is 5.73 Å². The number of carbonyl (C=O) groups is 2. The van der Waals surface area contributed by atoms with Crippen molar-refractivity contribution in [3.05, 3.63) is 0 Å². The van der Waals surface area contributed by atoms with Crippen molar-refractivity contribution in [3.63, 3.8) is 0 Å². The molecule has 4 heteroatoms. The molecule has 0 aromatic carbocycles. The van der Waals surface area contributed by atoms with Gasteiger partial charge < -0.3 is 11.1 Å². The topological polar surface area (TPSA) is 72.2 Å². The summed E-state index contributed by atoms with van der Waals surface area (Å²) in [5, 5.41) is 2.97. The summed E-state index contributed by atoms with van der Waals surface area (Å²) in [7, 11) is 0. The fraction of sp³-hybridized carbons (Fsp3) is 0.846. The molecule has 17 heavy (non-hydrogen) atoms. The van der Waals surface area contributed by atoms with Gasteiger partial charge >= 0.3 is 0 Å². The lowest BCUT2D eigenvalue weighted by Gasteiger charge is -2.13. The summed E-state index contributed by atoms with van der Waals surface area (Å²) in [5.74, 6) is -0.109. The first-order valence-corrected chi connectivity index (χ1v) is 6.64. The highest BCUT2D eigenvalue weighted by Crippen LogP contribution is 2.04.